The van der Waals surface area contributed by atoms with E-state index in [1.165, 1.54) is 13.1 Å². The molecule has 18 atom stereocenters. The summed E-state index contributed by atoms with van der Waals surface area (Å²) in [6.07, 6.45) is -2.92. The third-order valence-electron chi connectivity index (χ3n) is 17.8. The van der Waals surface area contributed by atoms with Gasteiger partial charge in [0.1, 0.15) is 30.1 Å². The van der Waals surface area contributed by atoms with Crippen molar-refractivity contribution in [1.82, 2.24) is 14.4 Å². The van der Waals surface area contributed by atoms with E-state index in [-0.39, 0.29) is 69.3 Å². The topological polar surface area (TPSA) is 237 Å². The molecule has 5 aliphatic rings. The molecule has 0 radical (unpaired) electrons. The molecule has 84 heavy (non-hydrogen) atoms. The van der Waals surface area contributed by atoms with Gasteiger partial charge in [-0.15, -0.1) is 0 Å². The minimum absolute atomic E-state index is 0.0582. The first-order valence-corrected chi connectivity index (χ1v) is 29.8. The summed E-state index contributed by atoms with van der Waals surface area (Å²) in [4.78, 5) is 71.3. The van der Waals surface area contributed by atoms with Crippen LogP contribution in [0.4, 0.5) is 4.79 Å². The SMILES string of the molecule is CCOC(=O)c1cn2c3c(cc(C/C=C/OCCO[C@H]4[C@H](C)O[C@@H](O[C@H]5[C@H](C)[C@@H](O[C@@H]6O[C@H](C)C[C@H](N(C)C)[C@H]6OC(C)=O)[C@](C)(O)C[C@@H](C)CN(C)[C@H](C)[C@H]6OC(=O)O[C@]6(C)[C@@H](CC)OC(=O)[C@@H]5C)C[C@@]4(C)OC)cc3c1=O)COC2(C)C. The Hall–Kier alpha value is -4.75. The van der Waals surface area contributed by atoms with E-state index in [9.17, 15) is 29.1 Å². The maximum absolute atomic E-state index is 15.0. The minimum atomic E-state index is -1.64. The lowest BCUT2D eigenvalue weighted by molar-refractivity contribution is -0.321. The van der Waals surface area contributed by atoms with Gasteiger partial charge >= 0.3 is 24.1 Å². The van der Waals surface area contributed by atoms with Gasteiger partial charge in [-0.3, -0.25) is 19.3 Å². The van der Waals surface area contributed by atoms with Crippen LogP contribution in [-0.4, -0.2) is 188 Å². The lowest BCUT2D eigenvalue weighted by Gasteiger charge is -2.49. The smallest absolute Gasteiger partial charge is 0.499 e. The highest BCUT2D eigenvalue weighted by atomic mass is 16.8. The van der Waals surface area contributed by atoms with Gasteiger partial charge in [0.25, 0.3) is 0 Å². The molecule has 0 spiro atoms. The van der Waals surface area contributed by atoms with Gasteiger partial charge in [0, 0.05) is 56.1 Å². The summed E-state index contributed by atoms with van der Waals surface area (Å²) in [6, 6.07) is 3.08. The number of likely N-dealkylation sites (N-methyl/N-ethyl adjacent to an activating group) is 2. The van der Waals surface area contributed by atoms with Gasteiger partial charge in [-0.25, -0.2) is 9.59 Å². The molecule has 472 valence electrons. The number of allylic oxidation sites excluding steroid dienone is 1. The van der Waals surface area contributed by atoms with Gasteiger partial charge in [0.2, 0.25) is 5.43 Å². The number of methoxy groups -OCH3 is 1. The molecule has 0 unspecified atom stereocenters. The van der Waals surface area contributed by atoms with Crippen molar-refractivity contribution in [2.24, 2.45) is 17.8 Å². The maximum Gasteiger partial charge on any atom is 0.509 e. The molecule has 4 fully saturated rings. The Labute approximate surface area is 495 Å². The van der Waals surface area contributed by atoms with E-state index in [2.05, 4.69) is 0 Å². The molecule has 22 nitrogen and oxygen atoms in total. The number of cyclic esters (lactones) is 1. The molecule has 1 aromatic carbocycles. The number of carbonyl (C=O) groups is 4. The van der Waals surface area contributed by atoms with Crippen LogP contribution in [0.15, 0.2) is 35.5 Å². The van der Waals surface area contributed by atoms with E-state index in [0.717, 1.165) is 11.1 Å². The Morgan fingerprint density at radius 1 is 0.917 bits per heavy atom. The highest BCUT2D eigenvalue weighted by molar-refractivity contribution is 5.95. The van der Waals surface area contributed by atoms with Gasteiger partial charge < -0.3 is 76.2 Å². The number of hydrogen-bond acceptors (Lipinski definition) is 21. The zero-order valence-corrected chi connectivity index (χ0v) is 52.8. The van der Waals surface area contributed by atoms with E-state index in [0.29, 0.717) is 30.3 Å². The highest BCUT2D eigenvalue weighted by Crippen LogP contribution is 2.43. The number of ether oxygens (including phenoxy) is 13. The number of carbonyl (C=O) groups excluding carboxylic acids is 4. The molecule has 1 N–H and O–H groups in total. The highest BCUT2D eigenvalue weighted by Gasteiger charge is 2.59. The second kappa shape index (κ2) is 27.1. The molecule has 5 aliphatic heterocycles. The minimum Gasteiger partial charge on any atom is -0.499 e. The van der Waals surface area contributed by atoms with Crippen molar-refractivity contribution in [3.63, 3.8) is 0 Å². The number of aromatic nitrogens is 1. The molecule has 2 aromatic rings. The van der Waals surface area contributed by atoms with E-state index >= 15 is 0 Å². The molecular formula is C62H95N3O19. The fourth-order valence-electron chi connectivity index (χ4n) is 13.4. The van der Waals surface area contributed by atoms with Crippen LogP contribution in [0.1, 0.15) is 144 Å². The predicted molar refractivity (Wildman–Crippen MR) is 308 cm³/mol. The quantitative estimate of drug-likeness (QED) is 0.0715. The number of aliphatic hydroxyl groups is 1. The van der Waals surface area contributed by atoms with Crippen LogP contribution in [0.2, 0.25) is 0 Å². The number of benzene rings is 1. The summed E-state index contributed by atoms with van der Waals surface area (Å²) in [5, 5.41) is 13.5. The maximum atomic E-state index is 15.0. The van der Waals surface area contributed by atoms with E-state index < -0.39 is 125 Å². The molecule has 1 aromatic heterocycles. The van der Waals surface area contributed by atoms with Gasteiger partial charge in [-0.1, -0.05) is 26.8 Å². The van der Waals surface area contributed by atoms with Crippen LogP contribution in [-0.2, 0) is 89.9 Å². The summed E-state index contributed by atoms with van der Waals surface area (Å²) in [7, 11) is 7.29. The lowest BCUT2D eigenvalue weighted by atomic mass is 9.77. The van der Waals surface area contributed by atoms with Crippen molar-refractivity contribution in [3.8, 4) is 0 Å². The molecule has 0 saturated carbocycles. The van der Waals surface area contributed by atoms with Gasteiger partial charge in [-0.05, 0) is 140 Å². The van der Waals surface area contributed by atoms with Crippen LogP contribution in [0.5, 0.6) is 0 Å². The first-order valence-electron chi connectivity index (χ1n) is 29.8. The average Bonchev–Trinajstić information content (AvgIpc) is 0.970. The summed E-state index contributed by atoms with van der Waals surface area (Å²) in [5.41, 5.74) is -2.90. The Morgan fingerprint density at radius 3 is 2.29 bits per heavy atom. The lowest BCUT2D eigenvalue weighted by Crippen LogP contribution is -2.61. The van der Waals surface area contributed by atoms with E-state index in [1.54, 1.807) is 47.1 Å². The summed E-state index contributed by atoms with van der Waals surface area (Å²) in [6.45, 7) is 26.4. The zero-order chi connectivity index (χ0) is 62.0. The number of nitrogens with zero attached hydrogens (tertiary/aromatic N) is 3. The molecule has 0 bridgehead atoms. The summed E-state index contributed by atoms with van der Waals surface area (Å²) in [5.74, 6) is -3.95. The molecule has 0 aliphatic carbocycles. The van der Waals surface area contributed by atoms with Gasteiger partial charge in [-0.2, -0.15) is 0 Å². The molecule has 22 heteroatoms. The number of rotatable bonds is 17. The van der Waals surface area contributed by atoms with Crippen molar-refractivity contribution in [1.29, 1.82) is 0 Å². The fraction of sp³-hybridized carbons (Fsp3) is 0.758. The summed E-state index contributed by atoms with van der Waals surface area (Å²) < 4.78 is 83.3. The number of fused-ring (bicyclic) bond motifs is 1. The molecule has 7 rings (SSSR count). The second-order valence-electron chi connectivity index (χ2n) is 25.3. The van der Waals surface area contributed by atoms with Gasteiger partial charge in [0.05, 0.1) is 79.2 Å². The Bertz CT molecular complexity index is 2730. The third-order valence-corrected chi connectivity index (χ3v) is 17.8. The van der Waals surface area contributed by atoms with Crippen LogP contribution < -0.4 is 5.43 Å². The number of hydrogen-bond donors (Lipinski definition) is 1. The van der Waals surface area contributed by atoms with Crippen molar-refractivity contribution < 1.29 is 85.9 Å². The Morgan fingerprint density at radius 2 is 1.63 bits per heavy atom. The van der Waals surface area contributed by atoms with Crippen LogP contribution in [0.3, 0.4) is 0 Å². The standard InChI is InChI=1S/C62H95N3O19/c1-19-46-62(14)53(83-58(70)84-62)38(7)64(17)31-34(3)29-60(12,71)52(82-57-51(79-40(9)66)45(63(15)16)26-35(4)77-57)36(5)50(37(6)55(68)80-46)81-47-30-61(13,72-18)54(39(8)78-47)75-25-24-73-23-21-22-41-27-42-33-76-59(10,11)65-32-44(56(69)74-20-2)49(67)43(28-41)48(42)65/h21,23,27-28,32,34-39,45-47,50-54,57,71H,19-20,22,24-26,29-31,33H2,1-18H3/b23-21+/t34-,35-,36+,37-,38-,39+,45+,46-,47+,50+,51-,52-,53-,54+,57+,60-,61-,62-/m1/s1. The molecule has 6 heterocycles. The number of pyridine rings is 1. The predicted octanol–water partition coefficient (Wildman–Crippen LogP) is 7.17. The van der Waals surface area contributed by atoms with Crippen molar-refractivity contribution in [2.45, 2.75) is 232 Å². The first kappa shape index (κ1) is 66.8. The van der Waals surface area contributed by atoms with E-state index in [1.807, 2.05) is 110 Å². The number of esters is 3. The Balaban J connectivity index is 1.12. The van der Waals surface area contributed by atoms with Crippen LogP contribution >= 0.6 is 0 Å². The zero-order valence-electron chi connectivity index (χ0n) is 52.8. The second-order valence-corrected chi connectivity index (χ2v) is 25.3. The first-order chi connectivity index (χ1) is 39.4. The summed E-state index contributed by atoms with van der Waals surface area (Å²) >= 11 is 0. The Kier molecular flexibility index (Phi) is 21.5. The van der Waals surface area contributed by atoms with Crippen molar-refractivity contribution in [3.05, 3.63) is 57.6 Å². The van der Waals surface area contributed by atoms with Crippen molar-refractivity contribution >= 4 is 35.0 Å². The van der Waals surface area contributed by atoms with Crippen LogP contribution in [0, 0.1) is 17.8 Å². The molecule has 0 amide bonds. The van der Waals surface area contributed by atoms with Gasteiger partial charge in [0.15, 0.2) is 30.4 Å². The normalized spacial score (nSPS) is 36.9. The van der Waals surface area contributed by atoms with Crippen LogP contribution in [0.25, 0.3) is 10.9 Å². The average molecular weight is 1190 g/mol. The molecule has 4 saturated heterocycles. The van der Waals surface area contributed by atoms with Crippen molar-refractivity contribution in [2.75, 3.05) is 54.6 Å². The monoisotopic (exact) mass is 1190 g/mol. The third kappa shape index (κ3) is 14.5. The fourth-order valence-corrected chi connectivity index (χ4v) is 13.4. The molecular weight excluding hydrogens is 1090 g/mol. The van der Waals surface area contributed by atoms with E-state index in [4.69, 9.17) is 61.6 Å². The largest absolute Gasteiger partial charge is 0.509 e.